The van der Waals surface area contributed by atoms with Gasteiger partial charge in [-0.15, -0.1) is 0 Å². The van der Waals surface area contributed by atoms with Gasteiger partial charge in [0.25, 0.3) is 0 Å². The number of carbonyl (C=O) groups excluding carboxylic acids is 1. The Morgan fingerprint density at radius 3 is 2.79 bits per heavy atom. The number of phenolic OH excluding ortho intramolecular Hbond substituents is 2. The summed E-state index contributed by atoms with van der Waals surface area (Å²) in [5.74, 6) is -0.0962. The van der Waals surface area contributed by atoms with Crippen molar-refractivity contribution in [2.45, 2.75) is 63.5 Å². The van der Waals surface area contributed by atoms with Gasteiger partial charge in [-0.2, -0.15) is 12.6 Å². The molecule has 0 heterocycles. The molecule has 3 aliphatic carbocycles. The molecule has 0 radical (unpaired) electrons. The minimum Gasteiger partial charge on any atom is -0.504 e. The molecule has 5 N–H and O–H groups in total. The number of hydrogen-bond donors (Lipinski definition) is 5. The van der Waals surface area contributed by atoms with Gasteiger partial charge in [0.05, 0.1) is 6.10 Å². The summed E-state index contributed by atoms with van der Waals surface area (Å²) in [5.41, 5.74) is 7.33. The van der Waals surface area contributed by atoms with Gasteiger partial charge in [-0.3, -0.25) is 0 Å². The Morgan fingerprint density at radius 1 is 1.32 bits per heavy atom. The Hall–Kier alpha value is -1.44. The number of aromatic hydroxyl groups is 2. The summed E-state index contributed by atoms with van der Waals surface area (Å²) in [6.07, 6.45) is 5.08. The second kappa shape index (κ2) is 7.11. The number of ether oxygens (including phenoxy) is 1. The molecule has 0 aromatic heterocycles. The molecule has 0 amide bonds. The summed E-state index contributed by atoms with van der Waals surface area (Å²) < 4.78 is 5.29. The number of rotatable bonds is 3. The molecule has 7 heteroatoms. The van der Waals surface area contributed by atoms with Crippen LogP contribution in [0, 0.1) is 17.3 Å². The van der Waals surface area contributed by atoms with Gasteiger partial charge in [0, 0.05) is 11.3 Å². The normalized spacial score (nSPS) is 34.9. The zero-order valence-corrected chi connectivity index (χ0v) is 17.0. The maximum absolute atomic E-state index is 12.1. The number of carbonyl (C=O) groups is 1. The zero-order valence-electron chi connectivity index (χ0n) is 16.1. The van der Waals surface area contributed by atoms with E-state index in [1.54, 1.807) is 6.07 Å². The lowest BCUT2D eigenvalue weighted by Gasteiger charge is -2.50. The third-order valence-electron chi connectivity index (χ3n) is 7.60. The molecule has 0 bridgehead atoms. The lowest BCUT2D eigenvalue weighted by molar-refractivity contribution is -0.135. The van der Waals surface area contributed by atoms with Gasteiger partial charge in [-0.25, -0.2) is 4.79 Å². The van der Waals surface area contributed by atoms with Gasteiger partial charge in [-0.1, -0.05) is 6.92 Å². The molecule has 0 spiro atoms. The van der Waals surface area contributed by atoms with Crippen molar-refractivity contribution in [3.63, 3.8) is 0 Å². The molecule has 28 heavy (non-hydrogen) atoms. The van der Waals surface area contributed by atoms with E-state index in [1.807, 2.05) is 0 Å². The van der Waals surface area contributed by atoms with E-state index in [0.29, 0.717) is 18.3 Å². The Labute approximate surface area is 170 Å². The molecule has 1 aromatic carbocycles. The maximum Gasteiger partial charge on any atom is 0.329 e. The van der Waals surface area contributed by atoms with E-state index >= 15 is 0 Å². The second-order valence-electron chi connectivity index (χ2n) is 8.90. The van der Waals surface area contributed by atoms with Gasteiger partial charge in [0.1, 0.15) is 6.04 Å². The number of thiol groups is 1. The SMILES string of the molecule is C[C@]12CCC3c4cc(OC(=O)[C@@H](N)CS)c(O)c(O)c4CCC3C1CC[C@@H]2O. The first-order chi connectivity index (χ1) is 13.3. The predicted molar refractivity (Wildman–Crippen MR) is 108 cm³/mol. The van der Waals surface area contributed by atoms with Gasteiger partial charge in [0.2, 0.25) is 5.75 Å². The molecular weight excluding hydrogens is 378 g/mol. The predicted octanol–water partition coefficient (Wildman–Crippen LogP) is 2.48. The van der Waals surface area contributed by atoms with E-state index in [4.69, 9.17) is 10.5 Å². The Bertz CT molecular complexity index is 799. The largest absolute Gasteiger partial charge is 0.504 e. The lowest BCUT2D eigenvalue weighted by atomic mass is 9.55. The van der Waals surface area contributed by atoms with Crippen LogP contribution < -0.4 is 10.5 Å². The zero-order chi connectivity index (χ0) is 20.2. The van der Waals surface area contributed by atoms with Crippen LogP contribution >= 0.6 is 12.6 Å². The average molecular weight is 408 g/mol. The van der Waals surface area contributed by atoms with Crippen LogP contribution in [-0.2, 0) is 11.2 Å². The lowest BCUT2D eigenvalue weighted by Crippen LogP contribution is -2.44. The van der Waals surface area contributed by atoms with Crippen molar-refractivity contribution in [1.29, 1.82) is 0 Å². The van der Waals surface area contributed by atoms with Crippen molar-refractivity contribution < 1.29 is 24.9 Å². The van der Waals surface area contributed by atoms with E-state index in [9.17, 15) is 20.1 Å². The first-order valence-electron chi connectivity index (χ1n) is 10.1. The second-order valence-corrected chi connectivity index (χ2v) is 9.27. The molecule has 0 aliphatic heterocycles. The fraction of sp³-hybridized carbons (Fsp3) is 0.667. The highest BCUT2D eigenvalue weighted by Crippen LogP contribution is 2.62. The first-order valence-corrected chi connectivity index (χ1v) is 10.7. The number of benzene rings is 1. The van der Waals surface area contributed by atoms with Gasteiger partial charge in [0.15, 0.2) is 11.5 Å². The highest BCUT2D eigenvalue weighted by molar-refractivity contribution is 7.80. The monoisotopic (exact) mass is 407 g/mol. The van der Waals surface area contributed by atoms with E-state index < -0.39 is 17.8 Å². The van der Waals surface area contributed by atoms with Crippen molar-refractivity contribution >= 4 is 18.6 Å². The van der Waals surface area contributed by atoms with E-state index in [0.717, 1.165) is 43.2 Å². The summed E-state index contributed by atoms with van der Waals surface area (Å²) in [6, 6.07) is 0.808. The number of phenols is 2. The molecule has 1 aromatic rings. The highest BCUT2D eigenvalue weighted by atomic mass is 32.1. The van der Waals surface area contributed by atoms with E-state index in [2.05, 4.69) is 19.6 Å². The summed E-state index contributed by atoms with van der Waals surface area (Å²) in [5, 5.41) is 31.5. The van der Waals surface area contributed by atoms with Crippen LogP contribution in [0.4, 0.5) is 0 Å². The number of nitrogens with two attached hydrogens (primary N) is 1. The maximum atomic E-state index is 12.1. The Balaban J connectivity index is 1.69. The molecule has 3 aliphatic rings. The summed E-state index contributed by atoms with van der Waals surface area (Å²) in [7, 11) is 0. The fourth-order valence-corrected chi connectivity index (χ4v) is 6.13. The quantitative estimate of drug-likeness (QED) is 0.228. The molecule has 2 fully saturated rings. The van der Waals surface area contributed by atoms with Crippen LogP contribution in [-0.4, -0.2) is 39.2 Å². The number of hydrogen-bond acceptors (Lipinski definition) is 7. The minimum atomic E-state index is -0.899. The summed E-state index contributed by atoms with van der Waals surface area (Å²) >= 11 is 4.00. The van der Waals surface area contributed by atoms with Crippen molar-refractivity contribution in [3.8, 4) is 17.2 Å². The van der Waals surface area contributed by atoms with Crippen molar-refractivity contribution in [1.82, 2.24) is 0 Å². The average Bonchev–Trinajstić information content (AvgIpc) is 2.99. The highest BCUT2D eigenvalue weighted by Gasteiger charge is 2.54. The van der Waals surface area contributed by atoms with Crippen LogP contribution in [0.1, 0.15) is 56.1 Å². The van der Waals surface area contributed by atoms with Crippen LogP contribution in [0.5, 0.6) is 17.2 Å². The smallest absolute Gasteiger partial charge is 0.329 e. The molecule has 3 unspecified atom stereocenters. The van der Waals surface area contributed by atoms with Crippen LogP contribution in [0.3, 0.4) is 0 Å². The summed E-state index contributed by atoms with van der Waals surface area (Å²) in [6.45, 7) is 2.21. The number of fused-ring (bicyclic) bond motifs is 5. The number of esters is 1. The number of aliphatic hydroxyl groups is 1. The molecule has 6 nitrogen and oxygen atoms in total. The van der Waals surface area contributed by atoms with Crippen molar-refractivity contribution in [2.75, 3.05) is 5.75 Å². The standard InChI is InChI=1S/C21H29NO5S/c1-21-7-6-10-11(14(21)4-5-17(21)23)2-3-12-13(10)8-16(19(25)18(12)24)27-20(26)15(22)9-28/h8,10-11,14-15,17,23-25,28H,2-7,9,22H2,1H3/t10?,11?,14?,15-,17-,21-/m0/s1. The van der Waals surface area contributed by atoms with Crippen molar-refractivity contribution in [2.24, 2.45) is 23.0 Å². The Kier molecular flexibility index (Phi) is 5.04. The van der Waals surface area contributed by atoms with Crippen molar-refractivity contribution in [3.05, 3.63) is 17.2 Å². The molecule has 4 rings (SSSR count). The third kappa shape index (κ3) is 2.90. The van der Waals surface area contributed by atoms with Crippen LogP contribution in [0.15, 0.2) is 6.07 Å². The number of aliphatic hydroxyl groups excluding tert-OH is 1. The third-order valence-corrected chi connectivity index (χ3v) is 8.00. The van der Waals surface area contributed by atoms with Gasteiger partial charge >= 0.3 is 5.97 Å². The topological polar surface area (TPSA) is 113 Å². The summed E-state index contributed by atoms with van der Waals surface area (Å²) in [4.78, 5) is 12.1. The molecule has 2 saturated carbocycles. The fourth-order valence-electron chi connectivity index (χ4n) is 5.98. The molecule has 154 valence electrons. The van der Waals surface area contributed by atoms with E-state index in [-0.39, 0.29) is 34.7 Å². The van der Waals surface area contributed by atoms with Crippen LogP contribution in [0.2, 0.25) is 0 Å². The van der Waals surface area contributed by atoms with E-state index in [1.165, 1.54) is 0 Å². The first kappa shape index (κ1) is 19.9. The minimum absolute atomic E-state index is 0.0354. The molecular formula is C21H29NO5S. The molecule has 6 atom stereocenters. The molecule has 0 saturated heterocycles. The van der Waals surface area contributed by atoms with Crippen LogP contribution in [0.25, 0.3) is 0 Å². The van der Waals surface area contributed by atoms with Gasteiger partial charge < -0.3 is 25.8 Å². The van der Waals surface area contributed by atoms with Gasteiger partial charge in [-0.05, 0) is 73.3 Å². The Morgan fingerprint density at radius 2 is 2.07 bits per heavy atom.